The van der Waals surface area contributed by atoms with Crippen molar-refractivity contribution in [2.24, 2.45) is 5.73 Å². The third kappa shape index (κ3) is 7.25. The van der Waals surface area contributed by atoms with Gasteiger partial charge in [-0.3, -0.25) is 0 Å². The predicted octanol–water partition coefficient (Wildman–Crippen LogP) is -0.320. The Morgan fingerprint density at radius 1 is 1.50 bits per heavy atom. The van der Waals surface area contributed by atoms with Crippen molar-refractivity contribution in [1.29, 1.82) is 0 Å². The largest absolute Gasteiger partial charge is 0.377 e. The summed E-state index contributed by atoms with van der Waals surface area (Å²) in [6, 6.07) is 0. The lowest BCUT2D eigenvalue weighted by Gasteiger charge is -2.12. The first-order valence-electron chi connectivity index (χ1n) is 4.81. The summed E-state index contributed by atoms with van der Waals surface area (Å²) in [4.78, 5) is 0. The second kappa shape index (κ2) is 7.17. The Labute approximate surface area is 86.1 Å². The zero-order valence-corrected chi connectivity index (χ0v) is 9.64. The van der Waals surface area contributed by atoms with Crippen LogP contribution in [-0.2, 0) is 14.8 Å². The van der Waals surface area contributed by atoms with Crippen LogP contribution in [0.2, 0.25) is 0 Å². The van der Waals surface area contributed by atoms with Crippen LogP contribution in [0.3, 0.4) is 0 Å². The van der Waals surface area contributed by atoms with Gasteiger partial charge in [-0.25, -0.2) is 13.1 Å². The summed E-state index contributed by atoms with van der Waals surface area (Å²) in [5.41, 5.74) is 5.22. The van der Waals surface area contributed by atoms with Crippen molar-refractivity contribution in [3.05, 3.63) is 0 Å². The number of hydrogen-bond acceptors (Lipinski definition) is 4. The zero-order chi connectivity index (χ0) is 11.0. The van der Waals surface area contributed by atoms with E-state index < -0.39 is 10.0 Å². The van der Waals surface area contributed by atoms with Gasteiger partial charge in [-0.2, -0.15) is 0 Å². The molecule has 6 heteroatoms. The first kappa shape index (κ1) is 13.8. The molecule has 0 saturated heterocycles. The molecular formula is C8H20N2O3S. The minimum atomic E-state index is -3.17. The van der Waals surface area contributed by atoms with Crippen LogP contribution >= 0.6 is 0 Å². The lowest BCUT2D eigenvalue weighted by molar-refractivity contribution is 0.0799. The van der Waals surface area contributed by atoms with Gasteiger partial charge in [0.2, 0.25) is 10.0 Å². The molecule has 0 aromatic carbocycles. The topological polar surface area (TPSA) is 81.4 Å². The van der Waals surface area contributed by atoms with Crippen LogP contribution in [0.4, 0.5) is 0 Å². The van der Waals surface area contributed by atoms with Crippen LogP contribution < -0.4 is 10.5 Å². The highest BCUT2D eigenvalue weighted by Gasteiger charge is 2.10. The molecule has 0 amide bonds. The van der Waals surface area contributed by atoms with E-state index in [2.05, 4.69) is 4.72 Å². The van der Waals surface area contributed by atoms with Gasteiger partial charge in [0.1, 0.15) is 0 Å². The maximum absolute atomic E-state index is 11.3. The molecule has 0 heterocycles. The van der Waals surface area contributed by atoms with Crippen molar-refractivity contribution >= 4 is 10.0 Å². The standard InChI is InChI=1S/C8H20N2O3S/c1-3-13-8(2)7-10-14(11,12)6-4-5-9/h8,10H,3-7,9H2,1-2H3. The Kier molecular flexibility index (Phi) is 7.08. The van der Waals surface area contributed by atoms with Crippen molar-refractivity contribution in [3.8, 4) is 0 Å². The zero-order valence-electron chi connectivity index (χ0n) is 8.82. The Bertz CT molecular complexity index is 229. The molecule has 0 bridgehead atoms. The average Bonchev–Trinajstić information content (AvgIpc) is 2.13. The molecule has 0 aliphatic heterocycles. The van der Waals surface area contributed by atoms with Crippen LogP contribution in [0, 0.1) is 0 Å². The van der Waals surface area contributed by atoms with Crippen molar-refractivity contribution in [2.75, 3.05) is 25.4 Å². The fourth-order valence-electron chi connectivity index (χ4n) is 0.933. The minimum Gasteiger partial charge on any atom is -0.377 e. The van der Waals surface area contributed by atoms with Crippen LogP contribution in [-0.4, -0.2) is 40.0 Å². The fraction of sp³-hybridized carbons (Fsp3) is 1.00. The summed E-state index contributed by atoms with van der Waals surface area (Å²) in [7, 11) is -3.17. The quantitative estimate of drug-likeness (QED) is 0.592. The van der Waals surface area contributed by atoms with Gasteiger partial charge in [-0.05, 0) is 26.8 Å². The van der Waals surface area contributed by atoms with E-state index in [9.17, 15) is 8.42 Å². The molecule has 1 atom stereocenters. The van der Waals surface area contributed by atoms with Crippen LogP contribution in [0.5, 0.6) is 0 Å². The number of sulfonamides is 1. The van der Waals surface area contributed by atoms with Gasteiger partial charge in [0, 0.05) is 13.2 Å². The normalized spacial score (nSPS) is 14.2. The van der Waals surface area contributed by atoms with Gasteiger partial charge in [0.25, 0.3) is 0 Å². The highest BCUT2D eigenvalue weighted by Crippen LogP contribution is 1.92. The lowest BCUT2D eigenvalue weighted by Crippen LogP contribution is -2.34. The molecule has 14 heavy (non-hydrogen) atoms. The molecule has 1 unspecified atom stereocenters. The summed E-state index contributed by atoms with van der Waals surface area (Å²) < 4.78 is 30.2. The van der Waals surface area contributed by atoms with Crippen molar-refractivity contribution in [3.63, 3.8) is 0 Å². The van der Waals surface area contributed by atoms with Crippen molar-refractivity contribution in [1.82, 2.24) is 4.72 Å². The van der Waals surface area contributed by atoms with Gasteiger partial charge in [-0.15, -0.1) is 0 Å². The Morgan fingerprint density at radius 2 is 2.14 bits per heavy atom. The van der Waals surface area contributed by atoms with E-state index in [-0.39, 0.29) is 11.9 Å². The lowest BCUT2D eigenvalue weighted by atomic mass is 10.4. The summed E-state index contributed by atoms with van der Waals surface area (Å²) in [5.74, 6) is 0.0857. The molecular weight excluding hydrogens is 204 g/mol. The molecule has 0 aromatic rings. The first-order valence-corrected chi connectivity index (χ1v) is 6.46. The maximum atomic E-state index is 11.3. The maximum Gasteiger partial charge on any atom is 0.211 e. The van der Waals surface area contributed by atoms with E-state index in [1.54, 1.807) is 0 Å². The summed E-state index contributed by atoms with van der Waals surface area (Å²) >= 11 is 0. The van der Waals surface area contributed by atoms with Gasteiger partial charge >= 0.3 is 0 Å². The van der Waals surface area contributed by atoms with E-state index in [1.807, 2.05) is 13.8 Å². The third-order valence-electron chi connectivity index (χ3n) is 1.66. The number of nitrogens with one attached hydrogen (secondary N) is 1. The molecule has 5 nitrogen and oxygen atoms in total. The van der Waals surface area contributed by atoms with E-state index in [0.29, 0.717) is 26.1 Å². The molecule has 0 spiro atoms. The molecule has 0 aliphatic carbocycles. The van der Waals surface area contributed by atoms with Crippen LogP contribution in [0.1, 0.15) is 20.3 Å². The van der Waals surface area contributed by atoms with Crippen molar-refractivity contribution < 1.29 is 13.2 Å². The molecule has 0 fully saturated rings. The second-order valence-corrected chi connectivity index (χ2v) is 5.00. The highest BCUT2D eigenvalue weighted by atomic mass is 32.2. The monoisotopic (exact) mass is 224 g/mol. The van der Waals surface area contributed by atoms with E-state index in [1.165, 1.54) is 0 Å². The second-order valence-electron chi connectivity index (χ2n) is 3.08. The first-order chi connectivity index (χ1) is 6.52. The SMILES string of the molecule is CCOC(C)CNS(=O)(=O)CCCN. The van der Waals surface area contributed by atoms with Gasteiger partial charge < -0.3 is 10.5 Å². The highest BCUT2D eigenvalue weighted by molar-refractivity contribution is 7.89. The Hall–Kier alpha value is -0.170. The predicted molar refractivity (Wildman–Crippen MR) is 56.5 cm³/mol. The number of ether oxygens (including phenoxy) is 1. The minimum absolute atomic E-state index is 0.0857. The van der Waals surface area contributed by atoms with E-state index in [4.69, 9.17) is 10.5 Å². The molecule has 3 N–H and O–H groups in total. The molecule has 86 valence electrons. The van der Waals surface area contributed by atoms with Crippen LogP contribution in [0.25, 0.3) is 0 Å². The fourth-order valence-corrected chi connectivity index (χ4v) is 2.11. The average molecular weight is 224 g/mol. The summed E-state index contributed by atoms with van der Waals surface area (Å²) in [6.45, 7) is 5.00. The molecule has 0 aliphatic rings. The van der Waals surface area contributed by atoms with Gasteiger partial charge in [0.15, 0.2) is 0 Å². The van der Waals surface area contributed by atoms with Crippen molar-refractivity contribution in [2.45, 2.75) is 26.4 Å². The number of hydrogen-bond donors (Lipinski definition) is 2. The molecule has 0 radical (unpaired) electrons. The third-order valence-corrected chi connectivity index (χ3v) is 3.09. The smallest absolute Gasteiger partial charge is 0.211 e. The van der Waals surface area contributed by atoms with Gasteiger partial charge in [-0.1, -0.05) is 0 Å². The number of rotatable bonds is 8. The number of nitrogens with two attached hydrogens (primary N) is 1. The Morgan fingerprint density at radius 3 is 2.64 bits per heavy atom. The summed E-state index contributed by atoms with van der Waals surface area (Å²) in [5, 5.41) is 0. The van der Waals surface area contributed by atoms with E-state index in [0.717, 1.165) is 0 Å². The Balaban J connectivity index is 3.75. The molecule has 0 saturated carbocycles. The van der Waals surface area contributed by atoms with Gasteiger partial charge in [0.05, 0.1) is 11.9 Å². The molecule has 0 aromatic heterocycles. The van der Waals surface area contributed by atoms with Crippen LogP contribution in [0.15, 0.2) is 0 Å². The molecule has 0 rings (SSSR count). The summed E-state index contributed by atoms with van der Waals surface area (Å²) in [6.07, 6.45) is 0.394. The van der Waals surface area contributed by atoms with E-state index >= 15 is 0 Å².